The number of hydrogen-bond acceptors (Lipinski definition) is 5. The molecule has 2 heterocycles. The normalized spacial score (nSPS) is 15.6. The van der Waals surface area contributed by atoms with E-state index in [0.29, 0.717) is 5.92 Å². The second kappa shape index (κ2) is 6.49. The molecule has 0 amide bonds. The number of rotatable bonds is 6. The Labute approximate surface area is 145 Å². The summed E-state index contributed by atoms with van der Waals surface area (Å²) in [5, 5.41) is 16.3. The minimum absolute atomic E-state index is 0.0127. The third-order valence-electron chi connectivity index (χ3n) is 4.53. The fourth-order valence-electron chi connectivity index (χ4n) is 2.89. The van der Waals surface area contributed by atoms with Gasteiger partial charge in [-0.15, -0.1) is 11.3 Å². The second-order valence-electron chi connectivity index (χ2n) is 6.33. The number of aromatic nitrogens is 2. The first-order valence-electron chi connectivity index (χ1n) is 8.52. The standard InChI is InChI=1S/C19H21N3OS/c1-2-14(10-23)20-18-16-15(12-6-4-3-5-7-12)11-24-19(16)22-17(21-18)13-8-9-13/h3-7,11,13-14,23H,2,8-10H2,1H3,(H,20,21,22). The van der Waals surface area contributed by atoms with Crippen LogP contribution in [-0.2, 0) is 0 Å². The van der Waals surface area contributed by atoms with Crippen LogP contribution in [0.15, 0.2) is 35.7 Å². The molecule has 4 rings (SSSR count). The van der Waals surface area contributed by atoms with Crippen LogP contribution in [-0.4, -0.2) is 27.7 Å². The molecule has 1 fully saturated rings. The van der Waals surface area contributed by atoms with Gasteiger partial charge in [-0.1, -0.05) is 37.3 Å². The van der Waals surface area contributed by atoms with Gasteiger partial charge >= 0.3 is 0 Å². The van der Waals surface area contributed by atoms with Crippen molar-refractivity contribution in [3.05, 3.63) is 41.5 Å². The van der Waals surface area contributed by atoms with Crippen LogP contribution in [0.5, 0.6) is 0 Å². The number of nitrogens with one attached hydrogen (secondary N) is 1. The third kappa shape index (κ3) is 2.89. The quantitative estimate of drug-likeness (QED) is 0.698. The molecular formula is C19H21N3OS. The highest BCUT2D eigenvalue weighted by atomic mass is 32.1. The van der Waals surface area contributed by atoms with E-state index in [0.717, 1.165) is 33.8 Å². The molecule has 0 radical (unpaired) electrons. The predicted molar refractivity (Wildman–Crippen MR) is 99.6 cm³/mol. The van der Waals surface area contributed by atoms with Gasteiger partial charge in [-0.25, -0.2) is 9.97 Å². The third-order valence-corrected chi connectivity index (χ3v) is 5.40. The van der Waals surface area contributed by atoms with E-state index in [1.54, 1.807) is 11.3 Å². The van der Waals surface area contributed by atoms with E-state index in [4.69, 9.17) is 9.97 Å². The van der Waals surface area contributed by atoms with E-state index in [1.807, 2.05) is 18.2 Å². The molecule has 2 N–H and O–H groups in total. The predicted octanol–water partition coefficient (Wildman–Crippen LogP) is 4.42. The molecule has 24 heavy (non-hydrogen) atoms. The van der Waals surface area contributed by atoms with Crippen molar-refractivity contribution in [2.75, 3.05) is 11.9 Å². The lowest BCUT2D eigenvalue weighted by Gasteiger charge is -2.17. The number of hydrogen-bond donors (Lipinski definition) is 2. The molecule has 0 aliphatic heterocycles. The molecule has 124 valence electrons. The van der Waals surface area contributed by atoms with E-state index in [1.165, 1.54) is 18.4 Å². The first-order valence-corrected chi connectivity index (χ1v) is 9.40. The van der Waals surface area contributed by atoms with Crippen molar-refractivity contribution in [1.82, 2.24) is 9.97 Å². The Morgan fingerprint density at radius 2 is 2.04 bits per heavy atom. The fraction of sp³-hybridized carbons (Fsp3) is 0.368. The fourth-order valence-corrected chi connectivity index (χ4v) is 3.84. The summed E-state index contributed by atoms with van der Waals surface area (Å²) in [6, 6.07) is 10.4. The summed E-state index contributed by atoms with van der Waals surface area (Å²) < 4.78 is 0. The van der Waals surface area contributed by atoms with Crippen molar-refractivity contribution in [2.24, 2.45) is 0 Å². The maximum atomic E-state index is 9.58. The number of anilines is 1. The van der Waals surface area contributed by atoms with Gasteiger partial charge in [-0.05, 0) is 24.8 Å². The number of fused-ring (bicyclic) bond motifs is 1. The van der Waals surface area contributed by atoms with Gasteiger partial charge in [0, 0.05) is 16.9 Å². The van der Waals surface area contributed by atoms with Gasteiger partial charge in [0.1, 0.15) is 16.5 Å². The Kier molecular flexibility index (Phi) is 4.21. The van der Waals surface area contributed by atoms with Crippen LogP contribution >= 0.6 is 11.3 Å². The summed E-state index contributed by atoms with van der Waals surface area (Å²) in [6.45, 7) is 2.17. The zero-order valence-corrected chi connectivity index (χ0v) is 14.5. The van der Waals surface area contributed by atoms with Gasteiger partial charge in [0.15, 0.2) is 0 Å². The van der Waals surface area contributed by atoms with Gasteiger partial charge in [0.2, 0.25) is 0 Å². The maximum Gasteiger partial charge on any atom is 0.139 e. The monoisotopic (exact) mass is 339 g/mol. The molecule has 1 atom stereocenters. The summed E-state index contributed by atoms with van der Waals surface area (Å²) in [5.74, 6) is 2.31. The summed E-state index contributed by atoms with van der Waals surface area (Å²) >= 11 is 1.67. The maximum absolute atomic E-state index is 9.58. The van der Waals surface area contributed by atoms with Crippen molar-refractivity contribution in [3.8, 4) is 11.1 Å². The number of aliphatic hydroxyl groups excluding tert-OH is 1. The summed E-state index contributed by atoms with van der Waals surface area (Å²) in [7, 11) is 0. The highest BCUT2D eigenvalue weighted by Crippen LogP contribution is 2.42. The average molecular weight is 339 g/mol. The Hall–Kier alpha value is -1.98. The molecule has 5 heteroatoms. The van der Waals surface area contributed by atoms with Crippen LogP contribution in [0, 0.1) is 0 Å². The van der Waals surface area contributed by atoms with Crippen molar-refractivity contribution in [3.63, 3.8) is 0 Å². The van der Waals surface area contributed by atoms with Gasteiger partial charge in [-0.2, -0.15) is 0 Å². The van der Waals surface area contributed by atoms with Crippen LogP contribution in [0.3, 0.4) is 0 Å². The lowest BCUT2D eigenvalue weighted by atomic mass is 10.1. The first kappa shape index (κ1) is 15.5. The molecule has 2 aromatic heterocycles. The first-order chi connectivity index (χ1) is 11.8. The Bertz CT molecular complexity index is 838. The van der Waals surface area contributed by atoms with Crippen LogP contribution in [0.4, 0.5) is 5.82 Å². The summed E-state index contributed by atoms with van der Waals surface area (Å²) in [5.41, 5.74) is 2.33. The van der Waals surface area contributed by atoms with E-state index >= 15 is 0 Å². The number of thiophene rings is 1. The topological polar surface area (TPSA) is 58.0 Å². The van der Waals surface area contributed by atoms with E-state index in [2.05, 4.69) is 29.8 Å². The highest BCUT2D eigenvalue weighted by Gasteiger charge is 2.28. The number of benzene rings is 1. The van der Waals surface area contributed by atoms with E-state index < -0.39 is 0 Å². The van der Waals surface area contributed by atoms with E-state index in [9.17, 15) is 5.11 Å². The molecule has 1 aromatic carbocycles. The average Bonchev–Trinajstić information content (AvgIpc) is 3.39. The molecule has 4 nitrogen and oxygen atoms in total. The molecule has 1 saturated carbocycles. The molecule has 1 aliphatic carbocycles. The highest BCUT2D eigenvalue weighted by molar-refractivity contribution is 7.17. The Morgan fingerprint density at radius 3 is 2.71 bits per heavy atom. The lowest BCUT2D eigenvalue weighted by Crippen LogP contribution is -2.23. The molecule has 0 bridgehead atoms. The van der Waals surface area contributed by atoms with E-state index in [-0.39, 0.29) is 12.6 Å². The Balaban J connectivity index is 1.86. The smallest absolute Gasteiger partial charge is 0.139 e. The zero-order valence-electron chi connectivity index (χ0n) is 13.7. The van der Waals surface area contributed by atoms with Gasteiger partial charge in [0.25, 0.3) is 0 Å². The second-order valence-corrected chi connectivity index (χ2v) is 7.19. The minimum atomic E-state index is 0.0127. The Morgan fingerprint density at radius 1 is 1.25 bits per heavy atom. The lowest BCUT2D eigenvalue weighted by molar-refractivity contribution is 0.271. The van der Waals surface area contributed by atoms with Crippen molar-refractivity contribution >= 4 is 27.4 Å². The van der Waals surface area contributed by atoms with Crippen LogP contribution in [0.1, 0.15) is 37.9 Å². The summed E-state index contributed by atoms with van der Waals surface area (Å²) in [4.78, 5) is 10.7. The minimum Gasteiger partial charge on any atom is -0.394 e. The molecule has 0 spiro atoms. The number of aliphatic hydroxyl groups is 1. The molecular weight excluding hydrogens is 318 g/mol. The van der Waals surface area contributed by atoms with Gasteiger partial charge in [0.05, 0.1) is 18.0 Å². The van der Waals surface area contributed by atoms with Crippen molar-refractivity contribution in [2.45, 2.75) is 38.1 Å². The van der Waals surface area contributed by atoms with Crippen molar-refractivity contribution < 1.29 is 5.11 Å². The van der Waals surface area contributed by atoms with Gasteiger partial charge in [-0.3, -0.25) is 0 Å². The summed E-state index contributed by atoms with van der Waals surface area (Å²) in [6.07, 6.45) is 3.21. The molecule has 1 unspecified atom stereocenters. The van der Waals surface area contributed by atoms with Crippen LogP contribution in [0.25, 0.3) is 21.3 Å². The SMILES string of the molecule is CCC(CO)Nc1nc(C2CC2)nc2scc(-c3ccccc3)c12. The largest absolute Gasteiger partial charge is 0.394 e. The molecule has 3 aromatic rings. The molecule has 1 aliphatic rings. The zero-order chi connectivity index (χ0) is 16.5. The van der Waals surface area contributed by atoms with Gasteiger partial charge < -0.3 is 10.4 Å². The molecule has 0 saturated heterocycles. The van der Waals surface area contributed by atoms with Crippen LogP contribution in [0.2, 0.25) is 0 Å². The van der Waals surface area contributed by atoms with Crippen LogP contribution < -0.4 is 5.32 Å². The number of nitrogens with zero attached hydrogens (tertiary/aromatic N) is 2. The van der Waals surface area contributed by atoms with Crippen molar-refractivity contribution in [1.29, 1.82) is 0 Å².